The molecule has 0 bridgehead atoms. The summed E-state index contributed by atoms with van der Waals surface area (Å²) in [6.45, 7) is 8.53. The molecule has 0 saturated carbocycles. The quantitative estimate of drug-likeness (QED) is 0.128. The SMILES string of the molecule is C#CC(NC(=NC)C(=O)C(C)CCC1CCNCC1)N/C(=C/CC)CC(CC)Cc1ccnc2ccccc12. The van der Waals surface area contributed by atoms with Crippen LogP contribution in [0.2, 0.25) is 0 Å². The molecule has 0 spiro atoms. The molecule has 1 aromatic heterocycles. The number of nitrogens with one attached hydrogen (secondary N) is 3. The Morgan fingerprint density at radius 1 is 1.23 bits per heavy atom. The Bertz CT molecular complexity index is 1150. The summed E-state index contributed by atoms with van der Waals surface area (Å²) in [5.74, 6) is 4.23. The first-order chi connectivity index (χ1) is 19.0. The number of carbonyl (C=O) groups is 1. The van der Waals surface area contributed by atoms with Crippen LogP contribution >= 0.6 is 0 Å². The van der Waals surface area contributed by atoms with Crippen LogP contribution in [0.25, 0.3) is 10.9 Å². The summed E-state index contributed by atoms with van der Waals surface area (Å²) in [5, 5.41) is 11.3. The molecular weight excluding hydrogens is 482 g/mol. The summed E-state index contributed by atoms with van der Waals surface area (Å²) >= 11 is 0. The number of nitrogens with zero attached hydrogens (tertiary/aromatic N) is 2. The highest BCUT2D eigenvalue weighted by Gasteiger charge is 2.23. The fourth-order valence-corrected chi connectivity index (χ4v) is 5.47. The highest BCUT2D eigenvalue weighted by atomic mass is 16.1. The highest BCUT2D eigenvalue weighted by molar-refractivity contribution is 6.39. The van der Waals surface area contributed by atoms with Gasteiger partial charge >= 0.3 is 0 Å². The van der Waals surface area contributed by atoms with E-state index in [-0.39, 0.29) is 11.7 Å². The lowest BCUT2D eigenvalue weighted by Crippen LogP contribution is -2.48. The molecule has 3 atom stereocenters. The Morgan fingerprint density at radius 3 is 2.69 bits per heavy atom. The maximum Gasteiger partial charge on any atom is 0.200 e. The molecule has 39 heavy (non-hydrogen) atoms. The predicted molar refractivity (Wildman–Crippen MR) is 163 cm³/mol. The van der Waals surface area contributed by atoms with Crippen molar-refractivity contribution in [2.75, 3.05) is 20.1 Å². The second-order valence-corrected chi connectivity index (χ2v) is 10.8. The zero-order chi connectivity index (χ0) is 28.0. The van der Waals surface area contributed by atoms with Crippen LogP contribution in [-0.2, 0) is 11.2 Å². The van der Waals surface area contributed by atoms with Crippen molar-refractivity contribution in [1.29, 1.82) is 0 Å². The Hall–Kier alpha value is -3.17. The molecule has 3 unspecified atom stereocenters. The monoisotopic (exact) mass is 529 g/mol. The number of fused-ring (bicyclic) bond motifs is 1. The van der Waals surface area contributed by atoms with Crippen molar-refractivity contribution in [1.82, 2.24) is 20.9 Å². The lowest BCUT2D eigenvalue weighted by Gasteiger charge is -2.25. The van der Waals surface area contributed by atoms with Crippen LogP contribution < -0.4 is 16.0 Å². The number of piperidine rings is 1. The molecule has 0 amide bonds. The van der Waals surface area contributed by atoms with Crippen LogP contribution in [-0.4, -0.2) is 42.9 Å². The van der Waals surface area contributed by atoms with Crippen LogP contribution in [0, 0.1) is 30.1 Å². The maximum absolute atomic E-state index is 13.2. The van der Waals surface area contributed by atoms with Gasteiger partial charge in [0.2, 0.25) is 0 Å². The van der Waals surface area contributed by atoms with Gasteiger partial charge in [0, 0.05) is 30.2 Å². The van der Waals surface area contributed by atoms with Crippen molar-refractivity contribution in [3.8, 4) is 12.3 Å². The molecular formula is C33H47N5O. The van der Waals surface area contributed by atoms with Gasteiger partial charge in [-0.15, -0.1) is 6.42 Å². The van der Waals surface area contributed by atoms with Crippen LogP contribution in [0.5, 0.6) is 0 Å². The number of allylic oxidation sites excluding steroid dienone is 2. The number of amidine groups is 1. The molecule has 0 aliphatic carbocycles. The summed E-state index contributed by atoms with van der Waals surface area (Å²) in [5.41, 5.74) is 3.45. The minimum absolute atomic E-state index is 0.0329. The van der Waals surface area contributed by atoms with E-state index >= 15 is 0 Å². The van der Waals surface area contributed by atoms with Gasteiger partial charge in [0.1, 0.15) is 0 Å². The summed E-state index contributed by atoms with van der Waals surface area (Å²) in [6, 6.07) is 10.5. The van der Waals surface area contributed by atoms with Gasteiger partial charge in [0.15, 0.2) is 17.8 Å². The molecule has 210 valence electrons. The largest absolute Gasteiger partial charge is 0.359 e. The third-order valence-corrected chi connectivity index (χ3v) is 7.93. The van der Waals surface area contributed by atoms with Gasteiger partial charge in [0.25, 0.3) is 0 Å². The van der Waals surface area contributed by atoms with Gasteiger partial charge in [0.05, 0.1) is 5.52 Å². The van der Waals surface area contributed by atoms with E-state index < -0.39 is 6.17 Å². The lowest BCUT2D eigenvalue weighted by molar-refractivity contribution is -0.116. The molecule has 1 aromatic carbocycles. The molecule has 1 fully saturated rings. The van der Waals surface area contributed by atoms with Crippen molar-refractivity contribution in [2.24, 2.45) is 22.7 Å². The smallest absolute Gasteiger partial charge is 0.200 e. The molecule has 6 nitrogen and oxygen atoms in total. The first kappa shape index (κ1) is 30.4. The van der Waals surface area contributed by atoms with Crippen molar-refractivity contribution in [3.05, 3.63) is 53.9 Å². The summed E-state index contributed by atoms with van der Waals surface area (Å²) < 4.78 is 0. The molecule has 1 aliphatic heterocycles. The van der Waals surface area contributed by atoms with Gasteiger partial charge in [-0.05, 0) is 87.6 Å². The summed E-state index contributed by atoms with van der Waals surface area (Å²) in [6.07, 6.45) is 17.6. The number of rotatable bonds is 14. The van der Waals surface area contributed by atoms with Crippen LogP contribution in [0.3, 0.4) is 0 Å². The van der Waals surface area contributed by atoms with Gasteiger partial charge in [-0.25, -0.2) is 0 Å². The van der Waals surface area contributed by atoms with Crippen molar-refractivity contribution < 1.29 is 4.79 Å². The number of ketones is 1. The normalized spacial score (nSPS) is 17.3. The first-order valence-electron chi connectivity index (χ1n) is 14.7. The zero-order valence-corrected chi connectivity index (χ0v) is 24.3. The second-order valence-electron chi connectivity index (χ2n) is 10.8. The number of pyridine rings is 1. The average Bonchev–Trinajstić information content (AvgIpc) is 2.97. The number of hydrogen-bond donors (Lipinski definition) is 3. The molecule has 2 aromatic rings. The molecule has 3 N–H and O–H groups in total. The van der Waals surface area contributed by atoms with E-state index in [2.05, 4.69) is 76.0 Å². The molecule has 0 radical (unpaired) electrons. The zero-order valence-electron chi connectivity index (χ0n) is 24.3. The molecule has 6 heteroatoms. The van der Waals surface area contributed by atoms with Gasteiger partial charge < -0.3 is 16.0 Å². The van der Waals surface area contributed by atoms with Gasteiger partial charge in [-0.1, -0.05) is 57.4 Å². The first-order valence-corrected chi connectivity index (χ1v) is 14.7. The van der Waals surface area contributed by atoms with Crippen LogP contribution in [0.15, 0.2) is 53.3 Å². The standard InChI is InChI=1S/C33H47N5O/c1-6-11-28(23-25(7-2)22-27-18-21-36-30-13-10-9-12-29(27)30)37-31(8-3)38-33(34-5)32(39)24(4)14-15-26-16-19-35-20-17-26/h3,9-13,18,21,24-26,31,35,37H,6-7,14-17,19-20,22-23H2,1-2,4-5H3,(H,34,38)/b28-11+. The minimum Gasteiger partial charge on any atom is -0.359 e. The number of terminal acetylenes is 1. The molecule has 1 saturated heterocycles. The molecule has 3 rings (SSSR count). The van der Waals surface area contributed by atoms with Crippen molar-refractivity contribution in [2.45, 2.75) is 78.3 Å². The maximum atomic E-state index is 13.2. The molecule has 1 aliphatic rings. The fourth-order valence-electron chi connectivity index (χ4n) is 5.47. The number of hydrogen-bond acceptors (Lipinski definition) is 5. The third-order valence-electron chi connectivity index (χ3n) is 7.93. The highest BCUT2D eigenvalue weighted by Crippen LogP contribution is 2.25. The Kier molecular flexibility index (Phi) is 12.5. The topological polar surface area (TPSA) is 78.4 Å². The summed E-state index contributed by atoms with van der Waals surface area (Å²) in [4.78, 5) is 22.0. The Balaban J connectivity index is 1.60. The van der Waals surface area contributed by atoms with Gasteiger partial charge in [-0.3, -0.25) is 14.8 Å². The second kappa shape index (κ2) is 16.1. The van der Waals surface area contributed by atoms with E-state index in [0.29, 0.717) is 17.7 Å². The number of benzene rings is 1. The van der Waals surface area contributed by atoms with Crippen molar-refractivity contribution in [3.63, 3.8) is 0 Å². The fraction of sp³-hybridized carbons (Fsp3) is 0.545. The lowest BCUT2D eigenvalue weighted by atomic mass is 9.88. The number of Topliss-reactive ketones (excluding diaryl/α,β-unsaturated/α-hetero) is 1. The molecule has 2 heterocycles. The Morgan fingerprint density at radius 2 is 2.00 bits per heavy atom. The van der Waals surface area contributed by atoms with Crippen LogP contribution in [0.4, 0.5) is 0 Å². The number of aliphatic imine (C=N–C) groups is 1. The third kappa shape index (κ3) is 9.21. The van der Waals surface area contributed by atoms with Crippen molar-refractivity contribution >= 4 is 22.5 Å². The predicted octanol–water partition coefficient (Wildman–Crippen LogP) is 5.64. The van der Waals surface area contributed by atoms with E-state index in [0.717, 1.165) is 62.8 Å². The van der Waals surface area contributed by atoms with E-state index in [9.17, 15) is 4.79 Å². The van der Waals surface area contributed by atoms with E-state index in [4.69, 9.17) is 6.42 Å². The van der Waals surface area contributed by atoms with E-state index in [1.165, 1.54) is 23.8 Å². The number of aromatic nitrogens is 1. The van der Waals surface area contributed by atoms with E-state index in [1.807, 2.05) is 19.2 Å². The Labute approximate surface area is 235 Å². The average molecular weight is 530 g/mol. The number of para-hydroxylation sites is 1. The minimum atomic E-state index is -0.513. The number of carbonyl (C=O) groups excluding carboxylic acids is 1. The van der Waals surface area contributed by atoms with Gasteiger partial charge in [-0.2, -0.15) is 0 Å². The van der Waals surface area contributed by atoms with E-state index in [1.54, 1.807) is 7.05 Å². The van der Waals surface area contributed by atoms with Crippen LogP contribution in [0.1, 0.15) is 71.3 Å². The summed E-state index contributed by atoms with van der Waals surface area (Å²) in [7, 11) is 1.66.